The van der Waals surface area contributed by atoms with E-state index >= 15 is 0 Å². The average molecular weight is 277 g/mol. The van der Waals surface area contributed by atoms with Crippen LogP contribution in [0.3, 0.4) is 0 Å². The molecule has 4 nitrogen and oxygen atoms in total. The third-order valence-corrected chi connectivity index (χ3v) is 3.17. The number of anilines is 1. The molecule has 1 heterocycles. The van der Waals surface area contributed by atoms with E-state index in [1.165, 1.54) is 0 Å². The number of carbonyl (C=O) groups excluding carboxylic acids is 1. The van der Waals surface area contributed by atoms with Crippen LogP contribution in [0.2, 0.25) is 0 Å². The molecule has 0 aliphatic rings. The average Bonchev–Trinajstić information content (AvgIpc) is 3.01. The van der Waals surface area contributed by atoms with Crippen LogP contribution in [0.15, 0.2) is 67.0 Å². The second-order valence-electron chi connectivity index (χ2n) is 4.82. The minimum absolute atomic E-state index is 0.118. The monoisotopic (exact) mass is 277 g/mol. The predicted molar refractivity (Wildman–Crippen MR) is 82.7 cm³/mol. The van der Waals surface area contributed by atoms with Gasteiger partial charge < -0.3 is 5.32 Å². The predicted octanol–water partition coefficient (Wildman–Crippen LogP) is 3.43. The van der Waals surface area contributed by atoms with E-state index in [1.807, 2.05) is 55.6 Å². The molecule has 0 spiro atoms. The van der Waals surface area contributed by atoms with E-state index in [1.54, 1.807) is 23.0 Å². The van der Waals surface area contributed by atoms with Gasteiger partial charge in [0.1, 0.15) is 0 Å². The molecule has 1 aromatic heterocycles. The fourth-order valence-corrected chi connectivity index (χ4v) is 2.11. The molecule has 104 valence electrons. The van der Waals surface area contributed by atoms with Gasteiger partial charge >= 0.3 is 0 Å². The van der Waals surface area contributed by atoms with Gasteiger partial charge in [-0.1, -0.05) is 12.1 Å². The molecular formula is C17H15N3O. The molecule has 0 aliphatic heterocycles. The van der Waals surface area contributed by atoms with E-state index in [0.717, 1.165) is 16.9 Å². The van der Waals surface area contributed by atoms with Crippen molar-refractivity contribution in [1.29, 1.82) is 0 Å². The van der Waals surface area contributed by atoms with Gasteiger partial charge in [0.15, 0.2) is 0 Å². The zero-order valence-corrected chi connectivity index (χ0v) is 11.7. The molecule has 0 saturated carbocycles. The lowest BCUT2D eigenvalue weighted by Gasteiger charge is -2.07. The first-order valence-electron chi connectivity index (χ1n) is 6.70. The molecular weight excluding hydrogens is 262 g/mol. The second kappa shape index (κ2) is 5.63. The van der Waals surface area contributed by atoms with Crippen molar-refractivity contribution in [3.05, 3.63) is 78.1 Å². The Morgan fingerprint density at radius 2 is 1.90 bits per heavy atom. The Balaban J connectivity index is 1.76. The summed E-state index contributed by atoms with van der Waals surface area (Å²) < 4.78 is 1.75. The van der Waals surface area contributed by atoms with Crippen molar-refractivity contribution >= 4 is 11.6 Å². The standard InChI is InChI=1S/C17H15N3O/c1-13-4-2-5-15(12-13)19-17(21)14-6-8-16(9-7-14)20-11-3-10-18-20/h2-12H,1H3,(H,19,21). The quantitative estimate of drug-likeness (QED) is 0.797. The maximum absolute atomic E-state index is 12.2. The molecule has 4 heteroatoms. The van der Waals surface area contributed by atoms with Gasteiger partial charge in [-0.05, 0) is 55.0 Å². The molecule has 21 heavy (non-hydrogen) atoms. The summed E-state index contributed by atoms with van der Waals surface area (Å²) in [6, 6.07) is 16.9. The molecule has 0 radical (unpaired) electrons. The lowest BCUT2D eigenvalue weighted by atomic mass is 10.1. The number of nitrogens with zero attached hydrogens (tertiary/aromatic N) is 2. The summed E-state index contributed by atoms with van der Waals surface area (Å²) in [7, 11) is 0. The topological polar surface area (TPSA) is 46.9 Å². The highest BCUT2D eigenvalue weighted by atomic mass is 16.1. The molecule has 3 aromatic rings. The van der Waals surface area contributed by atoms with Crippen LogP contribution in [0, 0.1) is 6.92 Å². The minimum atomic E-state index is -0.118. The molecule has 0 saturated heterocycles. The van der Waals surface area contributed by atoms with Crippen LogP contribution in [-0.2, 0) is 0 Å². The number of carbonyl (C=O) groups is 1. The van der Waals surface area contributed by atoms with Gasteiger partial charge in [-0.15, -0.1) is 0 Å². The van der Waals surface area contributed by atoms with Crippen LogP contribution >= 0.6 is 0 Å². The van der Waals surface area contributed by atoms with Gasteiger partial charge in [0.25, 0.3) is 5.91 Å². The smallest absolute Gasteiger partial charge is 0.255 e. The second-order valence-corrected chi connectivity index (χ2v) is 4.82. The fraction of sp³-hybridized carbons (Fsp3) is 0.0588. The normalized spacial score (nSPS) is 10.3. The van der Waals surface area contributed by atoms with E-state index in [4.69, 9.17) is 0 Å². The van der Waals surface area contributed by atoms with Crippen LogP contribution in [0.5, 0.6) is 0 Å². The Hall–Kier alpha value is -2.88. The Labute approximate surface area is 123 Å². The maximum atomic E-state index is 12.2. The first kappa shape index (κ1) is 13.1. The van der Waals surface area contributed by atoms with Crippen molar-refractivity contribution in [2.45, 2.75) is 6.92 Å². The SMILES string of the molecule is Cc1cccc(NC(=O)c2ccc(-n3cccn3)cc2)c1. The maximum Gasteiger partial charge on any atom is 0.255 e. The molecule has 3 rings (SSSR count). The van der Waals surface area contributed by atoms with Crippen LogP contribution in [0.1, 0.15) is 15.9 Å². The third kappa shape index (κ3) is 3.00. The van der Waals surface area contributed by atoms with Gasteiger partial charge in [0, 0.05) is 23.6 Å². The van der Waals surface area contributed by atoms with Crippen molar-refractivity contribution in [2.24, 2.45) is 0 Å². The van der Waals surface area contributed by atoms with E-state index in [9.17, 15) is 4.79 Å². The number of aryl methyl sites for hydroxylation is 1. The largest absolute Gasteiger partial charge is 0.322 e. The Kier molecular flexibility index (Phi) is 3.51. The van der Waals surface area contributed by atoms with Gasteiger partial charge in [-0.3, -0.25) is 4.79 Å². The molecule has 0 unspecified atom stereocenters. The van der Waals surface area contributed by atoms with Crippen LogP contribution in [-0.4, -0.2) is 15.7 Å². The number of aromatic nitrogens is 2. The molecule has 0 atom stereocenters. The number of amides is 1. The first-order chi connectivity index (χ1) is 10.2. The van der Waals surface area contributed by atoms with Gasteiger partial charge in [-0.2, -0.15) is 5.10 Å². The van der Waals surface area contributed by atoms with Crippen molar-refractivity contribution in [1.82, 2.24) is 9.78 Å². The minimum Gasteiger partial charge on any atom is -0.322 e. The highest BCUT2D eigenvalue weighted by Crippen LogP contribution is 2.13. The van der Waals surface area contributed by atoms with E-state index < -0.39 is 0 Å². The lowest BCUT2D eigenvalue weighted by molar-refractivity contribution is 0.102. The van der Waals surface area contributed by atoms with Gasteiger partial charge in [-0.25, -0.2) is 4.68 Å². The molecule has 1 N–H and O–H groups in total. The number of hydrogen-bond acceptors (Lipinski definition) is 2. The zero-order chi connectivity index (χ0) is 14.7. The summed E-state index contributed by atoms with van der Waals surface area (Å²) in [5.74, 6) is -0.118. The van der Waals surface area contributed by atoms with Crippen molar-refractivity contribution in [3.8, 4) is 5.69 Å². The molecule has 2 aromatic carbocycles. The fourth-order valence-electron chi connectivity index (χ4n) is 2.11. The molecule has 1 amide bonds. The highest BCUT2D eigenvalue weighted by Gasteiger charge is 2.06. The zero-order valence-electron chi connectivity index (χ0n) is 11.7. The summed E-state index contributed by atoms with van der Waals surface area (Å²) in [4.78, 5) is 12.2. The highest BCUT2D eigenvalue weighted by molar-refractivity contribution is 6.04. The Morgan fingerprint density at radius 3 is 2.57 bits per heavy atom. The summed E-state index contributed by atoms with van der Waals surface area (Å²) in [5, 5.41) is 7.05. The summed E-state index contributed by atoms with van der Waals surface area (Å²) in [5.41, 5.74) is 3.46. The lowest BCUT2D eigenvalue weighted by Crippen LogP contribution is -2.12. The van der Waals surface area contributed by atoms with Crippen LogP contribution in [0.25, 0.3) is 5.69 Å². The summed E-state index contributed by atoms with van der Waals surface area (Å²) in [6.07, 6.45) is 3.58. The summed E-state index contributed by atoms with van der Waals surface area (Å²) in [6.45, 7) is 1.99. The van der Waals surface area contributed by atoms with E-state index in [-0.39, 0.29) is 5.91 Å². The van der Waals surface area contributed by atoms with Gasteiger partial charge in [0.2, 0.25) is 0 Å². The van der Waals surface area contributed by atoms with Crippen LogP contribution < -0.4 is 5.32 Å². The summed E-state index contributed by atoms with van der Waals surface area (Å²) >= 11 is 0. The number of rotatable bonds is 3. The van der Waals surface area contributed by atoms with Crippen molar-refractivity contribution < 1.29 is 4.79 Å². The number of nitrogens with one attached hydrogen (secondary N) is 1. The van der Waals surface area contributed by atoms with Gasteiger partial charge in [0.05, 0.1) is 5.69 Å². The molecule has 0 aliphatic carbocycles. The van der Waals surface area contributed by atoms with Crippen molar-refractivity contribution in [2.75, 3.05) is 5.32 Å². The Morgan fingerprint density at radius 1 is 1.10 bits per heavy atom. The molecule has 0 fully saturated rings. The van der Waals surface area contributed by atoms with Crippen molar-refractivity contribution in [3.63, 3.8) is 0 Å². The Bertz CT molecular complexity index is 746. The van der Waals surface area contributed by atoms with E-state index in [2.05, 4.69) is 10.4 Å². The van der Waals surface area contributed by atoms with Crippen LogP contribution in [0.4, 0.5) is 5.69 Å². The number of benzene rings is 2. The number of hydrogen-bond donors (Lipinski definition) is 1. The third-order valence-electron chi connectivity index (χ3n) is 3.17. The molecule has 0 bridgehead atoms. The van der Waals surface area contributed by atoms with E-state index in [0.29, 0.717) is 5.56 Å². The first-order valence-corrected chi connectivity index (χ1v) is 6.70.